The molecule has 0 bridgehead atoms. The molecule has 1 saturated heterocycles. The first-order valence-corrected chi connectivity index (χ1v) is 12.3. The highest BCUT2D eigenvalue weighted by Gasteiger charge is 2.38. The molecule has 210 valence electrons. The number of nitrogens with one attached hydrogen (secondary N) is 3. The molecule has 1 aliphatic rings. The molecule has 38 heavy (non-hydrogen) atoms. The Morgan fingerprint density at radius 3 is 2.18 bits per heavy atom. The van der Waals surface area contributed by atoms with Gasteiger partial charge in [-0.15, -0.1) is 0 Å². The fourth-order valence-electron chi connectivity index (χ4n) is 2.73. The van der Waals surface area contributed by atoms with Crippen LogP contribution in [-0.2, 0) is 19.2 Å². The van der Waals surface area contributed by atoms with Crippen LogP contribution in [0.15, 0.2) is 42.2 Å². The van der Waals surface area contributed by atoms with Crippen molar-refractivity contribution in [3.05, 3.63) is 42.2 Å². The topological polar surface area (TPSA) is 172 Å². The Morgan fingerprint density at radius 1 is 1.26 bits per heavy atom. The van der Waals surface area contributed by atoms with Crippen molar-refractivity contribution in [2.45, 2.75) is 46.6 Å². The highest BCUT2D eigenvalue weighted by Crippen LogP contribution is 2.24. The Balaban J connectivity index is 0. The van der Waals surface area contributed by atoms with Crippen LogP contribution in [0.2, 0.25) is 0 Å². The summed E-state index contributed by atoms with van der Waals surface area (Å²) < 4.78 is 0. The average Bonchev–Trinajstić information content (AvgIpc) is 3.35. The van der Waals surface area contributed by atoms with Crippen LogP contribution in [-0.4, -0.2) is 73.8 Å². The molecule has 0 radical (unpaired) electrons. The maximum Gasteiger partial charge on any atom is 0.243 e. The number of hydrogen-bond donors (Lipinski definition) is 4. The summed E-state index contributed by atoms with van der Waals surface area (Å²) in [5.41, 5.74) is 6.32. The van der Waals surface area contributed by atoms with Crippen LogP contribution in [0.4, 0.5) is 5.69 Å². The second kappa shape index (κ2) is 22.0. The largest absolute Gasteiger partial charge is 0.403 e. The first kappa shape index (κ1) is 36.0. The van der Waals surface area contributed by atoms with E-state index in [1.807, 2.05) is 25.1 Å². The van der Waals surface area contributed by atoms with Gasteiger partial charge in [0.1, 0.15) is 12.3 Å². The van der Waals surface area contributed by atoms with Gasteiger partial charge in [0.15, 0.2) is 0 Å². The number of para-hydroxylation sites is 1. The summed E-state index contributed by atoms with van der Waals surface area (Å²) in [5, 5.41) is 21.3. The second-order valence-electron chi connectivity index (χ2n) is 8.82. The normalized spacial score (nSPS) is 15.5. The molecule has 11 nitrogen and oxygen atoms in total. The van der Waals surface area contributed by atoms with Crippen molar-refractivity contribution in [1.29, 1.82) is 10.7 Å². The Kier molecular flexibility index (Phi) is 20.8. The summed E-state index contributed by atoms with van der Waals surface area (Å²) in [6.07, 6.45) is 4.85. The number of likely N-dealkylation sites (N-methyl/N-ethyl adjacent to an activating group) is 1. The van der Waals surface area contributed by atoms with Crippen molar-refractivity contribution < 1.29 is 19.2 Å². The number of nitrogens with zero attached hydrogens (tertiary/aromatic N) is 3. The van der Waals surface area contributed by atoms with Crippen LogP contribution >= 0.6 is 0 Å². The van der Waals surface area contributed by atoms with Gasteiger partial charge >= 0.3 is 0 Å². The fourth-order valence-corrected chi connectivity index (χ4v) is 2.73. The van der Waals surface area contributed by atoms with Crippen LogP contribution in [0.25, 0.3) is 0 Å². The number of nitrogens with two attached hydrogens (primary N) is 1. The van der Waals surface area contributed by atoms with E-state index in [2.05, 4.69) is 37.5 Å². The third-order valence-corrected chi connectivity index (χ3v) is 4.54. The van der Waals surface area contributed by atoms with E-state index in [1.165, 1.54) is 23.0 Å². The van der Waals surface area contributed by atoms with Gasteiger partial charge in [0.25, 0.3) is 0 Å². The van der Waals surface area contributed by atoms with Crippen LogP contribution in [0.1, 0.15) is 40.5 Å². The lowest BCUT2D eigenvalue weighted by molar-refractivity contribution is -0.135. The number of amides is 3. The number of anilines is 1. The van der Waals surface area contributed by atoms with Gasteiger partial charge in [-0.1, -0.05) is 45.9 Å². The zero-order valence-electron chi connectivity index (χ0n) is 23.3. The molecule has 0 aromatic heterocycles. The minimum Gasteiger partial charge on any atom is -0.403 e. The van der Waals surface area contributed by atoms with Crippen LogP contribution in [0.5, 0.6) is 0 Å². The van der Waals surface area contributed by atoms with Gasteiger partial charge in [0, 0.05) is 45.2 Å². The van der Waals surface area contributed by atoms with Gasteiger partial charge in [-0.05, 0) is 24.5 Å². The Morgan fingerprint density at radius 2 is 1.82 bits per heavy atom. The molecule has 0 saturated carbocycles. The maximum atomic E-state index is 12.3. The maximum absolute atomic E-state index is 12.3. The number of benzene rings is 1. The summed E-state index contributed by atoms with van der Waals surface area (Å²) in [6.45, 7) is 8.39. The first-order chi connectivity index (χ1) is 18.0. The highest BCUT2D eigenvalue weighted by molar-refractivity contribution is 5.93. The van der Waals surface area contributed by atoms with E-state index in [4.69, 9.17) is 11.1 Å². The van der Waals surface area contributed by atoms with Crippen LogP contribution < -0.4 is 16.4 Å². The number of nitriles is 1. The van der Waals surface area contributed by atoms with Crippen molar-refractivity contribution in [1.82, 2.24) is 15.1 Å². The molecule has 3 amide bonds. The van der Waals surface area contributed by atoms with E-state index in [-0.39, 0.29) is 24.9 Å². The Hall–Kier alpha value is -4.20. The minimum absolute atomic E-state index is 0.102. The smallest absolute Gasteiger partial charge is 0.243 e. The molecular weight excluding hydrogens is 486 g/mol. The van der Waals surface area contributed by atoms with Gasteiger partial charge in [-0.25, -0.2) is 0 Å². The zero-order chi connectivity index (χ0) is 29.5. The monoisotopic (exact) mass is 529 g/mol. The predicted molar refractivity (Wildman–Crippen MR) is 150 cm³/mol. The lowest BCUT2D eigenvalue weighted by Gasteiger charge is -2.21. The lowest BCUT2D eigenvalue weighted by Crippen LogP contribution is -2.41. The second-order valence-corrected chi connectivity index (χ2v) is 8.82. The molecule has 1 aliphatic heterocycles. The number of allylic oxidation sites excluding steroid dienone is 1. The molecule has 0 aliphatic carbocycles. The van der Waals surface area contributed by atoms with Crippen molar-refractivity contribution in [3.63, 3.8) is 0 Å². The molecule has 2 atom stereocenters. The molecule has 0 spiro atoms. The third kappa shape index (κ3) is 16.5. The molecule has 1 aromatic rings. The first-order valence-electron chi connectivity index (χ1n) is 12.3. The van der Waals surface area contributed by atoms with Crippen LogP contribution in [0.3, 0.4) is 0 Å². The van der Waals surface area contributed by atoms with Gasteiger partial charge in [0.2, 0.25) is 18.2 Å². The van der Waals surface area contributed by atoms with Crippen LogP contribution in [0, 0.1) is 28.6 Å². The number of aldehydes is 1. The lowest BCUT2D eigenvalue weighted by atomic mass is 10.1. The SMILES string of the molecule is CC(C)C.CCC=O.CN(C=O)CC(=O)N1CC(C(=O)Nc2ccccc2)CC1C#N.CN/C(C=N)=C/N. The van der Waals surface area contributed by atoms with Gasteiger partial charge in [-0.2, -0.15) is 5.26 Å². The summed E-state index contributed by atoms with van der Waals surface area (Å²) in [4.78, 5) is 46.8. The molecule has 1 fully saturated rings. The Bertz CT molecular complexity index is 911. The number of likely N-dealkylation sites (tertiary alicyclic amines) is 1. The highest BCUT2D eigenvalue weighted by atomic mass is 16.2. The zero-order valence-corrected chi connectivity index (χ0v) is 23.3. The molecule has 1 heterocycles. The summed E-state index contributed by atoms with van der Waals surface area (Å²) in [5.74, 6) is -0.151. The summed E-state index contributed by atoms with van der Waals surface area (Å²) in [7, 11) is 3.20. The van der Waals surface area contributed by atoms with Crippen molar-refractivity contribution in [2.75, 3.05) is 32.5 Å². The molecule has 11 heteroatoms. The van der Waals surface area contributed by atoms with Gasteiger partial charge in [0.05, 0.1) is 24.2 Å². The molecule has 2 rings (SSSR count). The van der Waals surface area contributed by atoms with E-state index in [9.17, 15) is 24.4 Å². The Labute approximate surface area is 226 Å². The fraction of sp³-hybridized carbons (Fsp3) is 0.481. The molecule has 2 unspecified atom stereocenters. The standard InChI is InChI=1S/C16H18N4O3.C4H9N3.C4H10.C3H6O/c1-19(11-21)10-15(22)20-9-12(7-14(20)8-17)16(23)18-13-5-3-2-4-6-13;1-7-4(2-5)3-6;1-4(2)3;1-2-3-4/h2-6,11-12,14H,7,9-10H2,1H3,(H,18,23);2-3,5,7H,6H2,1H3;4H,1-3H3;3H,2H2,1H3/b;4-3+,5-2?;;. The van der Waals surface area contributed by atoms with Crippen molar-refractivity contribution >= 4 is 36.4 Å². The molecular formula is C27H43N7O4. The van der Waals surface area contributed by atoms with Gasteiger partial charge in [-0.3, -0.25) is 14.4 Å². The van der Waals surface area contributed by atoms with E-state index < -0.39 is 12.0 Å². The van der Waals surface area contributed by atoms with E-state index in [0.29, 0.717) is 30.6 Å². The minimum atomic E-state index is -0.644. The molecule has 1 aromatic carbocycles. The van der Waals surface area contributed by atoms with E-state index >= 15 is 0 Å². The quantitative estimate of drug-likeness (QED) is 0.295. The number of hydrogen-bond acceptors (Lipinski definition) is 8. The summed E-state index contributed by atoms with van der Waals surface area (Å²) in [6, 6.07) is 10.4. The number of rotatable bonds is 8. The van der Waals surface area contributed by atoms with E-state index in [0.717, 1.165) is 18.4 Å². The number of carbonyl (C=O) groups is 4. The third-order valence-electron chi connectivity index (χ3n) is 4.54. The molecule has 5 N–H and O–H groups in total. The van der Waals surface area contributed by atoms with Crippen molar-refractivity contribution in [2.24, 2.45) is 17.6 Å². The predicted octanol–water partition coefficient (Wildman–Crippen LogP) is 2.37. The van der Waals surface area contributed by atoms with Crippen molar-refractivity contribution in [3.8, 4) is 6.07 Å². The summed E-state index contributed by atoms with van der Waals surface area (Å²) >= 11 is 0. The average molecular weight is 530 g/mol. The van der Waals surface area contributed by atoms with Gasteiger partial charge < -0.3 is 36.4 Å². The van der Waals surface area contributed by atoms with E-state index in [1.54, 1.807) is 19.2 Å². The number of carbonyl (C=O) groups excluding carboxylic acids is 4.